The van der Waals surface area contributed by atoms with Crippen molar-refractivity contribution in [2.75, 3.05) is 32.7 Å². The van der Waals surface area contributed by atoms with E-state index in [1.807, 2.05) is 0 Å². The predicted molar refractivity (Wildman–Crippen MR) is 109 cm³/mol. The van der Waals surface area contributed by atoms with E-state index in [-0.39, 0.29) is 41.8 Å². The fourth-order valence-corrected chi connectivity index (χ4v) is 2.57. The number of thioether (sulfide) groups is 1. The number of alkyl halides is 3. The average Bonchev–Trinajstić information content (AvgIpc) is 2.56. The van der Waals surface area contributed by atoms with Gasteiger partial charge in [0.05, 0.1) is 12.7 Å². The number of nitrogens with one attached hydrogen (secondary N) is 2. The molecule has 0 heterocycles. The van der Waals surface area contributed by atoms with Crippen molar-refractivity contribution in [3.8, 4) is 5.75 Å². The second kappa shape index (κ2) is 12.5. The maximum absolute atomic E-state index is 13.2. The summed E-state index contributed by atoms with van der Waals surface area (Å²) in [7, 11) is 2.94. The van der Waals surface area contributed by atoms with E-state index in [1.165, 1.54) is 19.2 Å². The summed E-state index contributed by atoms with van der Waals surface area (Å²) in [5, 5.41) is 6.02. The van der Waals surface area contributed by atoms with E-state index in [9.17, 15) is 13.2 Å². The number of ether oxygens (including phenoxy) is 1. The number of guanidine groups is 1. The van der Waals surface area contributed by atoms with Gasteiger partial charge in [-0.25, -0.2) is 0 Å². The largest absolute Gasteiger partial charge is 0.497 e. The summed E-state index contributed by atoms with van der Waals surface area (Å²) >= 11 is 1.79. The zero-order chi connectivity index (χ0) is 18.0. The molecule has 0 radical (unpaired) electrons. The van der Waals surface area contributed by atoms with Crippen molar-refractivity contribution in [3.63, 3.8) is 0 Å². The van der Waals surface area contributed by atoms with E-state index in [2.05, 4.69) is 21.9 Å². The van der Waals surface area contributed by atoms with Crippen LogP contribution in [0.4, 0.5) is 13.2 Å². The van der Waals surface area contributed by atoms with Gasteiger partial charge in [0, 0.05) is 20.1 Å². The molecule has 0 aliphatic rings. The minimum atomic E-state index is -4.43. The zero-order valence-electron chi connectivity index (χ0n) is 14.6. The van der Waals surface area contributed by atoms with Crippen LogP contribution in [0.3, 0.4) is 0 Å². The highest BCUT2D eigenvalue weighted by Gasteiger charge is 2.33. The lowest BCUT2D eigenvalue weighted by Crippen LogP contribution is -2.37. The third-order valence-corrected chi connectivity index (χ3v) is 4.06. The maximum Gasteiger partial charge on any atom is 0.416 e. The molecule has 9 heteroatoms. The summed E-state index contributed by atoms with van der Waals surface area (Å²) in [6.45, 7) is 0.762. The van der Waals surface area contributed by atoms with Gasteiger partial charge in [0.1, 0.15) is 5.75 Å². The fourth-order valence-electron chi connectivity index (χ4n) is 2.08. The van der Waals surface area contributed by atoms with E-state index in [4.69, 9.17) is 4.74 Å². The molecule has 0 bridgehead atoms. The normalized spacial score (nSPS) is 11.7. The Labute approximate surface area is 168 Å². The van der Waals surface area contributed by atoms with Crippen LogP contribution in [0, 0.1) is 0 Å². The van der Waals surface area contributed by atoms with Crippen LogP contribution in [0.15, 0.2) is 23.2 Å². The van der Waals surface area contributed by atoms with Gasteiger partial charge in [-0.3, -0.25) is 4.99 Å². The van der Waals surface area contributed by atoms with Gasteiger partial charge in [0.2, 0.25) is 0 Å². The first kappa shape index (κ1) is 24.2. The number of aliphatic imine (C=N–C) groups is 1. The highest BCUT2D eigenvalue weighted by atomic mass is 127. The quantitative estimate of drug-likeness (QED) is 0.249. The first-order valence-electron chi connectivity index (χ1n) is 7.60. The number of methoxy groups -OCH3 is 1. The van der Waals surface area contributed by atoms with Crippen molar-refractivity contribution >= 4 is 41.7 Å². The Kier molecular flexibility index (Phi) is 12.1. The van der Waals surface area contributed by atoms with Crippen molar-refractivity contribution in [3.05, 3.63) is 29.3 Å². The number of halogens is 4. The third-order valence-electron chi connectivity index (χ3n) is 3.36. The molecule has 144 valence electrons. The number of hydrogen-bond acceptors (Lipinski definition) is 3. The summed E-state index contributed by atoms with van der Waals surface area (Å²) in [5.74, 6) is 1.76. The summed E-state index contributed by atoms with van der Waals surface area (Å²) in [4.78, 5) is 4.03. The summed E-state index contributed by atoms with van der Waals surface area (Å²) in [6, 6.07) is 3.95. The molecule has 2 N–H and O–H groups in total. The van der Waals surface area contributed by atoms with Crippen molar-refractivity contribution < 1.29 is 17.9 Å². The highest BCUT2D eigenvalue weighted by molar-refractivity contribution is 14.0. The van der Waals surface area contributed by atoms with Gasteiger partial charge >= 0.3 is 6.18 Å². The van der Waals surface area contributed by atoms with E-state index < -0.39 is 11.7 Å². The lowest BCUT2D eigenvalue weighted by atomic mass is 10.1. The Morgan fingerprint density at radius 1 is 1.24 bits per heavy atom. The first-order chi connectivity index (χ1) is 11.4. The number of unbranched alkanes of at least 4 members (excludes halogenated alkanes) is 1. The van der Waals surface area contributed by atoms with Gasteiger partial charge in [-0.05, 0) is 42.5 Å². The van der Waals surface area contributed by atoms with E-state index in [0.717, 1.165) is 31.2 Å². The van der Waals surface area contributed by atoms with Crippen LogP contribution in [0.5, 0.6) is 5.75 Å². The minimum Gasteiger partial charge on any atom is -0.497 e. The molecule has 1 aromatic rings. The molecule has 4 nitrogen and oxygen atoms in total. The molecule has 0 aromatic heterocycles. The van der Waals surface area contributed by atoms with Crippen LogP contribution < -0.4 is 15.4 Å². The lowest BCUT2D eigenvalue weighted by Gasteiger charge is -2.16. The van der Waals surface area contributed by atoms with Crippen LogP contribution in [-0.4, -0.2) is 38.7 Å². The van der Waals surface area contributed by atoms with Crippen molar-refractivity contribution in [2.24, 2.45) is 4.99 Å². The van der Waals surface area contributed by atoms with E-state index >= 15 is 0 Å². The molecule has 1 rings (SSSR count). The standard InChI is InChI=1S/C16H24F3N3OS.HI/c1-20-15(21-8-4-5-9-24-3)22-11-12-6-7-13(23-2)10-14(12)16(17,18)19;/h6-7,10H,4-5,8-9,11H2,1-3H3,(H2,20,21,22);1H. The maximum atomic E-state index is 13.2. The van der Waals surface area contributed by atoms with Gasteiger partial charge in [0.25, 0.3) is 0 Å². The molecule has 1 aromatic carbocycles. The molecule has 0 unspecified atom stereocenters. The number of benzene rings is 1. The van der Waals surface area contributed by atoms with Crippen LogP contribution in [0.2, 0.25) is 0 Å². The van der Waals surface area contributed by atoms with Crippen LogP contribution in [0.1, 0.15) is 24.0 Å². The summed E-state index contributed by atoms with van der Waals surface area (Å²) in [5.41, 5.74) is -0.557. The van der Waals surface area contributed by atoms with Gasteiger partial charge in [0.15, 0.2) is 5.96 Å². The molecule has 0 spiro atoms. The van der Waals surface area contributed by atoms with E-state index in [0.29, 0.717) is 5.96 Å². The number of hydrogen-bond donors (Lipinski definition) is 2. The van der Waals surface area contributed by atoms with Crippen LogP contribution in [0.25, 0.3) is 0 Å². The average molecular weight is 491 g/mol. The second-order valence-electron chi connectivity index (χ2n) is 5.07. The SMILES string of the molecule is CN=C(NCCCCSC)NCc1ccc(OC)cc1C(F)(F)F.I. The van der Waals surface area contributed by atoms with Crippen molar-refractivity contribution in [1.82, 2.24) is 10.6 Å². The Hall–Kier alpha value is -0.840. The van der Waals surface area contributed by atoms with E-state index in [1.54, 1.807) is 18.8 Å². The Morgan fingerprint density at radius 2 is 1.96 bits per heavy atom. The second-order valence-corrected chi connectivity index (χ2v) is 6.06. The van der Waals surface area contributed by atoms with Crippen LogP contribution >= 0.6 is 35.7 Å². The predicted octanol–water partition coefficient (Wildman–Crippen LogP) is 4.14. The molecular weight excluding hydrogens is 466 g/mol. The zero-order valence-corrected chi connectivity index (χ0v) is 17.7. The van der Waals surface area contributed by atoms with Gasteiger partial charge in [-0.15, -0.1) is 24.0 Å². The molecule has 0 amide bonds. The molecule has 0 aliphatic carbocycles. The summed E-state index contributed by atoms with van der Waals surface area (Å²) < 4.78 is 44.4. The van der Waals surface area contributed by atoms with Gasteiger partial charge < -0.3 is 15.4 Å². The number of rotatable bonds is 8. The topological polar surface area (TPSA) is 45.7 Å². The Balaban J connectivity index is 0.00000576. The minimum absolute atomic E-state index is 0. The Morgan fingerprint density at radius 3 is 2.52 bits per heavy atom. The van der Waals surface area contributed by atoms with Gasteiger partial charge in [-0.2, -0.15) is 24.9 Å². The lowest BCUT2D eigenvalue weighted by molar-refractivity contribution is -0.138. The third kappa shape index (κ3) is 8.89. The molecule has 0 atom stereocenters. The first-order valence-corrected chi connectivity index (χ1v) is 8.99. The monoisotopic (exact) mass is 491 g/mol. The fraction of sp³-hybridized carbons (Fsp3) is 0.562. The summed E-state index contributed by atoms with van der Waals surface area (Å²) in [6.07, 6.45) is -0.304. The highest BCUT2D eigenvalue weighted by Crippen LogP contribution is 2.34. The molecule has 0 aliphatic heterocycles. The number of nitrogens with zero attached hydrogens (tertiary/aromatic N) is 1. The van der Waals surface area contributed by atoms with Crippen molar-refractivity contribution in [1.29, 1.82) is 0 Å². The molecule has 0 saturated carbocycles. The molecular formula is C16H25F3IN3OS. The van der Waals surface area contributed by atoms with Crippen LogP contribution in [-0.2, 0) is 12.7 Å². The molecule has 25 heavy (non-hydrogen) atoms. The Bertz CT molecular complexity index is 542. The smallest absolute Gasteiger partial charge is 0.416 e. The van der Waals surface area contributed by atoms with Gasteiger partial charge in [-0.1, -0.05) is 6.07 Å². The molecule has 0 saturated heterocycles. The van der Waals surface area contributed by atoms with Crippen molar-refractivity contribution in [2.45, 2.75) is 25.6 Å². The molecule has 0 fully saturated rings.